The van der Waals surface area contributed by atoms with Crippen LogP contribution >= 0.6 is 0 Å². The number of methoxy groups -OCH3 is 1. The lowest BCUT2D eigenvalue weighted by atomic mass is 9.83. The SMILES string of the molecule is COc1ccc(/C=N/NC(=O)c2ccc([N+](=O)[O-])cc2)cc1CN1C[C@@H]2C[C@@H](C1)c1cccc(=O)n1C2. The molecule has 10 nitrogen and oxygen atoms in total. The second kappa shape index (κ2) is 10.4. The van der Waals surface area contributed by atoms with Crippen molar-refractivity contribution >= 4 is 17.8 Å². The van der Waals surface area contributed by atoms with Crippen molar-refractivity contribution < 1.29 is 14.5 Å². The number of non-ortho nitro benzene ring substituents is 1. The third kappa shape index (κ3) is 5.29. The van der Waals surface area contributed by atoms with Gasteiger partial charge in [-0.2, -0.15) is 5.10 Å². The van der Waals surface area contributed by atoms with Gasteiger partial charge in [0.15, 0.2) is 0 Å². The Kier molecular flexibility index (Phi) is 6.82. The summed E-state index contributed by atoms with van der Waals surface area (Å²) in [4.78, 5) is 37.3. The number of nitro groups is 1. The molecule has 0 aliphatic carbocycles. The molecule has 37 heavy (non-hydrogen) atoms. The lowest BCUT2D eigenvalue weighted by Gasteiger charge is -2.42. The van der Waals surface area contributed by atoms with Gasteiger partial charge in [-0.1, -0.05) is 6.07 Å². The van der Waals surface area contributed by atoms with E-state index >= 15 is 0 Å². The number of hydrazone groups is 1. The quantitative estimate of drug-likeness (QED) is 0.302. The number of likely N-dealkylation sites (tertiary alicyclic amines) is 1. The predicted octanol–water partition coefficient (Wildman–Crippen LogP) is 3.15. The minimum absolute atomic E-state index is 0.0787. The summed E-state index contributed by atoms with van der Waals surface area (Å²) in [7, 11) is 1.64. The van der Waals surface area contributed by atoms with E-state index in [1.54, 1.807) is 19.4 Å². The second-order valence-electron chi connectivity index (χ2n) is 9.47. The number of nitrogens with one attached hydrogen (secondary N) is 1. The zero-order valence-corrected chi connectivity index (χ0v) is 20.4. The van der Waals surface area contributed by atoms with E-state index in [-0.39, 0.29) is 16.8 Å². The average molecular weight is 502 g/mol. The van der Waals surface area contributed by atoms with Crippen LogP contribution in [0.25, 0.3) is 0 Å². The van der Waals surface area contributed by atoms with Crippen molar-refractivity contribution in [2.24, 2.45) is 11.0 Å². The molecule has 5 rings (SSSR count). The molecule has 3 heterocycles. The molecule has 10 heteroatoms. The summed E-state index contributed by atoms with van der Waals surface area (Å²) in [5.41, 5.74) is 5.66. The summed E-state index contributed by atoms with van der Waals surface area (Å²) in [5.74, 6) is 1.07. The Hall–Kier alpha value is -4.31. The van der Waals surface area contributed by atoms with Crippen LogP contribution in [0.3, 0.4) is 0 Å². The van der Waals surface area contributed by atoms with Crippen molar-refractivity contribution in [2.45, 2.75) is 25.4 Å². The first-order chi connectivity index (χ1) is 17.9. The molecule has 0 spiro atoms. The monoisotopic (exact) mass is 501 g/mol. The first-order valence-electron chi connectivity index (χ1n) is 12.1. The molecule has 190 valence electrons. The highest BCUT2D eigenvalue weighted by Gasteiger charge is 2.34. The number of aromatic nitrogens is 1. The summed E-state index contributed by atoms with van der Waals surface area (Å²) >= 11 is 0. The fourth-order valence-corrected chi connectivity index (χ4v) is 5.33. The smallest absolute Gasteiger partial charge is 0.271 e. The van der Waals surface area contributed by atoms with Crippen LogP contribution < -0.4 is 15.7 Å². The zero-order valence-electron chi connectivity index (χ0n) is 20.4. The van der Waals surface area contributed by atoms with Gasteiger partial charge in [0.25, 0.3) is 17.2 Å². The number of hydrogen-bond acceptors (Lipinski definition) is 7. The average Bonchev–Trinajstić information content (AvgIpc) is 2.89. The van der Waals surface area contributed by atoms with Gasteiger partial charge in [0, 0.05) is 67.1 Å². The van der Waals surface area contributed by atoms with Gasteiger partial charge in [-0.15, -0.1) is 0 Å². The molecular weight excluding hydrogens is 474 g/mol. The number of fused-ring (bicyclic) bond motifs is 4. The number of benzene rings is 2. The number of piperidine rings is 1. The minimum Gasteiger partial charge on any atom is -0.496 e. The van der Waals surface area contributed by atoms with E-state index < -0.39 is 10.8 Å². The Morgan fingerprint density at radius 3 is 2.73 bits per heavy atom. The topological polar surface area (TPSA) is 119 Å². The normalized spacial score (nSPS) is 18.8. The van der Waals surface area contributed by atoms with Gasteiger partial charge in [0.05, 0.1) is 18.2 Å². The molecule has 2 bridgehead atoms. The zero-order chi connectivity index (χ0) is 25.9. The predicted molar refractivity (Wildman–Crippen MR) is 138 cm³/mol. The Bertz CT molecular complexity index is 1420. The molecule has 0 radical (unpaired) electrons. The van der Waals surface area contributed by atoms with E-state index in [9.17, 15) is 19.7 Å². The van der Waals surface area contributed by atoms with Gasteiger partial charge < -0.3 is 9.30 Å². The molecule has 2 aliphatic rings. The number of amides is 1. The van der Waals surface area contributed by atoms with Crippen molar-refractivity contribution in [3.8, 4) is 5.75 Å². The Labute approximate surface area is 213 Å². The van der Waals surface area contributed by atoms with Crippen molar-refractivity contribution in [1.29, 1.82) is 0 Å². The van der Waals surface area contributed by atoms with Crippen molar-refractivity contribution in [3.63, 3.8) is 0 Å². The highest BCUT2D eigenvalue weighted by atomic mass is 16.6. The Morgan fingerprint density at radius 1 is 1.16 bits per heavy atom. The lowest BCUT2D eigenvalue weighted by Crippen LogP contribution is -2.46. The van der Waals surface area contributed by atoms with Crippen LogP contribution in [0.2, 0.25) is 0 Å². The highest BCUT2D eigenvalue weighted by Crippen LogP contribution is 2.36. The fraction of sp³-hybridized carbons (Fsp3) is 0.296. The van der Waals surface area contributed by atoms with E-state index in [1.165, 1.54) is 24.3 Å². The van der Waals surface area contributed by atoms with Crippen LogP contribution in [0.1, 0.15) is 39.5 Å². The molecule has 2 aromatic carbocycles. The van der Waals surface area contributed by atoms with Crippen LogP contribution in [0.15, 0.2) is 70.6 Å². The number of hydrogen-bond donors (Lipinski definition) is 1. The summed E-state index contributed by atoms with van der Waals surface area (Å²) in [6.45, 7) is 3.22. The number of carbonyl (C=O) groups excluding carboxylic acids is 1. The standard InChI is InChI=1S/C27H27N5O5/c1-37-25-10-5-18(13-28-29-27(34)20-6-8-23(9-7-20)32(35)36)11-22(25)17-30-14-19-12-21(16-30)24-3-2-4-26(33)31(24)15-19/h2-11,13,19,21H,12,14-17H2,1H3,(H,29,34)/b28-13+/t19-,21-/m0/s1. The number of nitrogens with zero attached hydrogens (tertiary/aromatic N) is 4. The van der Waals surface area contributed by atoms with Gasteiger partial charge in [-0.05, 0) is 54.3 Å². The number of pyridine rings is 1. The van der Waals surface area contributed by atoms with Crippen LogP contribution in [-0.2, 0) is 13.1 Å². The number of carbonyl (C=O) groups is 1. The summed E-state index contributed by atoms with van der Waals surface area (Å²) in [6.07, 6.45) is 2.65. The maximum Gasteiger partial charge on any atom is 0.271 e. The Balaban J connectivity index is 1.26. The molecule has 1 fully saturated rings. The first kappa shape index (κ1) is 24.4. The van der Waals surface area contributed by atoms with Crippen molar-refractivity contribution in [1.82, 2.24) is 14.9 Å². The summed E-state index contributed by atoms with van der Waals surface area (Å²) in [6, 6.07) is 16.6. The molecule has 0 unspecified atom stereocenters. The van der Waals surface area contributed by atoms with Gasteiger partial charge in [0.2, 0.25) is 0 Å². The number of ether oxygens (including phenoxy) is 1. The van der Waals surface area contributed by atoms with Crippen LogP contribution in [0.5, 0.6) is 5.75 Å². The number of nitro benzene ring substituents is 1. The highest BCUT2D eigenvalue weighted by molar-refractivity contribution is 5.95. The molecule has 2 atom stereocenters. The van der Waals surface area contributed by atoms with E-state index in [0.29, 0.717) is 18.4 Å². The molecule has 1 saturated heterocycles. The van der Waals surface area contributed by atoms with Crippen LogP contribution in [0, 0.1) is 16.0 Å². The van der Waals surface area contributed by atoms with Gasteiger partial charge in [0.1, 0.15) is 5.75 Å². The van der Waals surface area contributed by atoms with Crippen LogP contribution in [0.4, 0.5) is 5.69 Å². The second-order valence-corrected chi connectivity index (χ2v) is 9.47. The van der Waals surface area contributed by atoms with Crippen molar-refractivity contribution in [2.75, 3.05) is 20.2 Å². The maximum absolute atomic E-state index is 12.3. The lowest BCUT2D eigenvalue weighted by molar-refractivity contribution is -0.384. The third-order valence-corrected chi connectivity index (χ3v) is 6.97. The summed E-state index contributed by atoms with van der Waals surface area (Å²) in [5, 5.41) is 14.8. The fourth-order valence-electron chi connectivity index (χ4n) is 5.33. The van der Waals surface area contributed by atoms with E-state index in [4.69, 9.17) is 4.74 Å². The summed E-state index contributed by atoms with van der Waals surface area (Å²) < 4.78 is 7.53. The molecule has 1 amide bonds. The van der Waals surface area contributed by atoms with Crippen molar-refractivity contribution in [3.05, 3.63) is 104 Å². The van der Waals surface area contributed by atoms with E-state index in [1.807, 2.05) is 28.8 Å². The third-order valence-electron chi connectivity index (χ3n) is 6.97. The molecular formula is C27H27N5O5. The van der Waals surface area contributed by atoms with E-state index in [2.05, 4.69) is 21.5 Å². The largest absolute Gasteiger partial charge is 0.496 e. The number of rotatable bonds is 7. The first-order valence-corrected chi connectivity index (χ1v) is 12.1. The molecule has 0 saturated carbocycles. The van der Waals surface area contributed by atoms with Gasteiger partial charge in [-0.25, -0.2) is 5.43 Å². The van der Waals surface area contributed by atoms with E-state index in [0.717, 1.165) is 48.6 Å². The Morgan fingerprint density at radius 2 is 1.97 bits per heavy atom. The maximum atomic E-state index is 12.3. The molecule has 2 aliphatic heterocycles. The molecule has 1 aromatic heterocycles. The molecule has 1 N–H and O–H groups in total. The van der Waals surface area contributed by atoms with Gasteiger partial charge in [-0.3, -0.25) is 24.6 Å². The van der Waals surface area contributed by atoms with Gasteiger partial charge >= 0.3 is 0 Å². The molecule has 3 aromatic rings. The minimum atomic E-state index is -0.516. The van der Waals surface area contributed by atoms with Crippen LogP contribution in [-0.4, -0.2) is 46.7 Å².